The van der Waals surface area contributed by atoms with Gasteiger partial charge in [-0.1, -0.05) is 0 Å². The van der Waals surface area contributed by atoms with E-state index in [1.165, 1.54) is 0 Å². The van der Waals surface area contributed by atoms with Crippen molar-refractivity contribution in [3.63, 3.8) is 0 Å². The van der Waals surface area contributed by atoms with Crippen LogP contribution in [-0.4, -0.2) is 55.0 Å². The number of hydrogen-bond acceptors (Lipinski definition) is 3. The predicted molar refractivity (Wildman–Crippen MR) is 83.6 cm³/mol. The Morgan fingerprint density at radius 2 is 1.92 bits per heavy atom. The van der Waals surface area contributed by atoms with Gasteiger partial charge >= 0.3 is 0 Å². The van der Waals surface area contributed by atoms with Crippen LogP contribution in [0.5, 0.6) is 0 Å². The van der Waals surface area contributed by atoms with Gasteiger partial charge in [0.05, 0.1) is 12.5 Å². The maximum Gasteiger partial charge on any atom is 0.248 e. The van der Waals surface area contributed by atoms with Crippen LogP contribution < -0.4 is 5.32 Å². The van der Waals surface area contributed by atoms with E-state index in [-0.39, 0.29) is 61.4 Å². The molecule has 2 aliphatic heterocycles. The van der Waals surface area contributed by atoms with E-state index in [0.717, 1.165) is 12.8 Å². The van der Waals surface area contributed by atoms with Crippen LogP contribution in [0.25, 0.3) is 0 Å². The van der Waals surface area contributed by atoms with E-state index in [0.29, 0.717) is 19.6 Å². The largest absolute Gasteiger partial charge is 0.383 e. The minimum absolute atomic E-state index is 0.00908. The fourth-order valence-electron chi connectivity index (χ4n) is 4.52. The summed E-state index contributed by atoms with van der Waals surface area (Å²) in [6.07, 6.45) is 2.56. The van der Waals surface area contributed by atoms with E-state index in [1.807, 2.05) is 4.90 Å². The van der Waals surface area contributed by atoms with E-state index in [1.54, 1.807) is 7.11 Å². The number of rotatable bonds is 5. The normalized spacial score (nSPS) is 32.1. The molecule has 1 aliphatic carbocycles. The molecule has 7 heteroatoms. The monoisotopic (exact) mass is 344 g/mol. The fourth-order valence-corrected chi connectivity index (χ4v) is 4.52. The molecule has 1 saturated carbocycles. The number of ether oxygens (including phenoxy) is 1. The van der Waals surface area contributed by atoms with Crippen LogP contribution in [-0.2, 0) is 14.3 Å². The molecule has 24 heavy (non-hydrogen) atoms. The van der Waals surface area contributed by atoms with Crippen LogP contribution >= 0.6 is 0 Å². The molecule has 2 bridgehead atoms. The Kier molecular flexibility index (Phi) is 5.08. The second kappa shape index (κ2) is 6.94. The van der Waals surface area contributed by atoms with Gasteiger partial charge in [-0.15, -0.1) is 0 Å². The maximum absolute atomic E-state index is 13.3. The molecule has 0 aromatic rings. The number of halogens is 2. The Bertz CT molecular complexity index is 490. The third kappa shape index (κ3) is 3.41. The van der Waals surface area contributed by atoms with Crippen molar-refractivity contribution in [2.24, 2.45) is 11.8 Å². The minimum atomic E-state index is -2.62. The molecule has 2 heterocycles. The number of amides is 2. The van der Waals surface area contributed by atoms with Gasteiger partial charge in [-0.05, 0) is 32.1 Å². The Morgan fingerprint density at radius 3 is 2.58 bits per heavy atom. The average Bonchev–Trinajstić information content (AvgIpc) is 3.12. The zero-order chi connectivity index (χ0) is 17.3. The Hall–Kier alpha value is -1.24. The highest BCUT2D eigenvalue weighted by molar-refractivity contribution is 5.85. The highest BCUT2D eigenvalue weighted by atomic mass is 19.3. The molecule has 2 saturated heterocycles. The molecule has 0 aromatic heterocycles. The van der Waals surface area contributed by atoms with Gasteiger partial charge in [-0.3, -0.25) is 9.59 Å². The summed E-state index contributed by atoms with van der Waals surface area (Å²) in [6, 6.07) is 0.0376. The van der Waals surface area contributed by atoms with Crippen molar-refractivity contribution in [2.45, 2.75) is 63.0 Å². The van der Waals surface area contributed by atoms with Gasteiger partial charge in [0.15, 0.2) is 0 Å². The van der Waals surface area contributed by atoms with E-state index < -0.39 is 5.92 Å². The van der Waals surface area contributed by atoms with Gasteiger partial charge in [0.1, 0.15) is 0 Å². The van der Waals surface area contributed by atoms with E-state index in [4.69, 9.17) is 4.74 Å². The number of methoxy groups -OCH3 is 1. The van der Waals surface area contributed by atoms with Crippen LogP contribution in [0.3, 0.4) is 0 Å². The first kappa shape index (κ1) is 17.6. The molecule has 1 N–H and O–H groups in total. The van der Waals surface area contributed by atoms with Crippen molar-refractivity contribution in [1.29, 1.82) is 0 Å². The predicted octanol–water partition coefficient (Wildman–Crippen LogP) is 1.95. The zero-order valence-corrected chi connectivity index (χ0v) is 14.1. The van der Waals surface area contributed by atoms with Crippen LogP contribution in [0.15, 0.2) is 0 Å². The first-order valence-corrected chi connectivity index (χ1v) is 8.89. The summed E-state index contributed by atoms with van der Waals surface area (Å²) in [5, 5.41) is 2.86. The van der Waals surface area contributed by atoms with Crippen LogP contribution in [0, 0.1) is 11.8 Å². The van der Waals surface area contributed by atoms with Gasteiger partial charge in [0.25, 0.3) is 0 Å². The van der Waals surface area contributed by atoms with Gasteiger partial charge in [0.2, 0.25) is 17.7 Å². The highest BCUT2D eigenvalue weighted by Gasteiger charge is 2.52. The van der Waals surface area contributed by atoms with E-state index >= 15 is 0 Å². The Labute approximate surface area is 141 Å². The van der Waals surface area contributed by atoms with E-state index in [9.17, 15) is 18.4 Å². The second-order valence-electron chi connectivity index (χ2n) is 7.30. The number of carbonyl (C=O) groups excluding carboxylic acids is 2. The lowest BCUT2D eigenvalue weighted by Crippen LogP contribution is -2.44. The van der Waals surface area contributed by atoms with Crippen molar-refractivity contribution in [3.8, 4) is 0 Å². The molecule has 0 aromatic carbocycles. The summed E-state index contributed by atoms with van der Waals surface area (Å²) < 4.78 is 31.6. The third-order valence-corrected chi connectivity index (χ3v) is 5.80. The summed E-state index contributed by atoms with van der Waals surface area (Å²) in [5.74, 6) is -3.13. The Morgan fingerprint density at radius 1 is 1.21 bits per heavy atom. The molecule has 2 amide bonds. The molecule has 0 radical (unpaired) electrons. The molecule has 0 unspecified atom stereocenters. The maximum atomic E-state index is 13.3. The summed E-state index contributed by atoms with van der Waals surface area (Å²) >= 11 is 0. The summed E-state index contributed by atoms with van der Waals surface area (Å²) in [7, 11) is 1.58. The quantitative estimate of drug-likeness (QED) is 0.776. The first-order valence-electron chi connectivity index (χ1n) is 8.89. The number of carbonyl (C=O) groups is 2. The summed E-state index contributed by atoms with van der Waals surface area (Å²) in [6.45, 7) is 0.931. The number of fused-ring (bicyclic) bond motifs is 2. The highest BCUT2D eigenvalue weighted by Crippen LogP contribution is 2.45. The van der Waals surface area contributed by atoms with Crippen molar-refractivity contribution in [2.75, 3.05) is 20.3 Å². The number of nitrogens with one attached hydrogen (secondary N) is 1. The lowest BCUT2D eigenvalue weighted by molar-refractivity contribution is -0.141. The van der Waals surface area contributed by atoms with Crippen LogP contribution in [0.2, 0.25) is 0 Å². The van der Waals surface area contributed by atoms with E-state index in [2.05, 4.69) is 5.32 Å². The smallest absolute Gasteiger partial charge is 0.248 e. The molecule has 3 rings (SSSR count). The molecule has 3 fully saturated rings. The van der Waals surface area contributed by atoms with Gasteiger partial charge < -0.3 is 15.0 Å². The van der Waals surface area contributed by atoms with Gasteiger partial charge in [0, 0.05) is 44.5 Å². The lowest BCUT2D eigenvalue weighted by Gasteiger charge is -2.32. The molecular weight excluding hydrogens is 318 g/mol. The molecule has 3 atom stereocenters. The molecular formula is C17H26F2N2O3. The lowest BCUT2D eigenvalue weighted by atomic mass is 9.85. The molecule has 5 nitrogen and oxygen atoms in total. The number of alkyl halides is 2. The van der Waals surface area contributed by atoms with Crippen molar-refractivity contribution < 1.29 is 23.1 Å². The van der Waals surface area contributed by atoms with Crippen LogP contribution in [0.4, 0.5) is 8.78 Å². The van der Waals surface area contributed by atoms with Gasteiger partial charge in [-0.25, -0.2) is 8.78 Å². The molecule has 0 spiro atoms. The van der Waals surface area contributed by atoms with Crippen LogP contribution in [0.1, 0.15) is 44.9 Å². The molecule has 136 valence electrons. The number of hydrogen-bond donors (Lipinski definition) is 1. The van der Waals surface area contributed by atoms with Crippen molar-refractivity contribution in [3.05, 3.63) is 0 Å². The standard InChI is InChI=1S/C17H26F2N2O3/c1-24-9-8-20-15(22)13-10-12-2-3-14(13)21(12)16(23)11-4-6-17(18,19)7-5-11/h11-14H,2-10H2,1H3,(H,20,22)/t12-,13+,14-/m1/s1. The third-order valence-electron chi connectivity index (χ3n) is 5.80. The minimum Gasteiger partial charge on any atom is -0.383 e. The second-order valence-corrected chi connectivity index (χ2v) is 7.30. The summed E-state index contributed by atoms with van der Waals surface area (Å²) in [5.41, 5.74) is 0. The first-order chi connectivity index (χ1) is 11.4. The Balaban J connectivity index is 1.59. The fraction of sp³-hybridized carbons (Fsp3) is 0.882. The van der Waals surface area contributed by atoms with Gasteiger partial charge in [-0.2, -0.15) is 0 Å². The summed E-state index contributed by atoms with van der Waals surface area (Å²) in [4.78, 5) is 27.0. The average molecular weight is 344 g/mol. The SMILES string of the molecule is COCCNC(=O)[C@H]1C[C@H]2CC[C@H]1N2C(=O)C1CCC(F)(F)CC1. The van der Waals surface area contributed by atoms with Crippen molar-refractivity contribution >= 4 is 11.8 Å². The zero-order valence-electron chi connectivity index (χ0n) is 14.1. The number of nitrogens with zero attached hydrogens (tertiary/aromatic N) is 1. The topological polar surface area (TPSA) is 58.6 Å². The molecule has 3 aliphatic rings. The van der Waals surface area contributed by atoms with Crippen molar-refractivity contribution in [1.82, 2.24) is 10.2 Å².